The minimum absolute atomic E-state index is 0.135. The molecule has 0 fully saturated rings. The molecule has 2 aromatic heterocycles. The number of carbonyl (C=O) groups excluding carboxylic acids is 1. The molecule has 3 rings (SSSR count). The Labute approximate surface area is 154 Å². The van der Waals surface area contributed by atoms with Crippen LogP contribution in [0.25, 0.3) is 10.2 Å². The molecule has 0 aliphatic carbocycles. The third kappa shape index (κ3) is 3.85. The normalized spacial score (nSPS) is 10.7. The number of amides is 1. The van der Waals surface area contributed by atoms with E-state index in [0.29, 0.717) is 40.6 Å². The number of hydrogen-bond donors (Lipinski definition) is 1. The Bertz CT molecular complexity index is 980. The average molecular weight is 373 g/mol. The summed E-state index contributed by atoms with van der Waals surface area (Å²) in [7, 11) is 0. The van der Waals surface area contributed by atoms with Crippen molar-refractivity contribution >= 4 is 33.1 Å². The largest absolute Gasteiger partial charge is 0.494 e. The molecule has 0 radical (unpaired) electrons. The van der Waals surface area contributed by atoms with Gasteiger partial charge in [0.25, 0.3) is 5.56 Å². The number of hydrogen-bond acceptors (Lipinski definition) is 6. The summed E-state index contributed by atoms with van der Waals surface area (Å²) in [6, 6.07) is 7.01. The first-order valence-corrected chi connectivity index (χ1v) is 9.12. The van der Waals surface area contributed by atoms with Gasteiger partial charge in [-0.05, 0) is 37.4 Å². The van der Waals surface area contributed by atoms with E-state index >= 15 is 0 Å². The first kappa shape index (κ1) is 17.9. The predicted octanol–water partition coefficient (Wildman–Crippen LogP) is 2.89. The van der Waals surface area contributed by atoms with Crippen molar-refractivity contribution in [3.63, 3.8) is 0 Å². The van der Waals surface area contributed by atoms with Crippen LogP contribution in [0.15, 0.2) is 40.8 Å². The second-order valence-electron chi connectivity index (χ2n) is 5.38. The van der Waals surface area contributed by atoms with Gasteiger partial charge in [-0.3, -0.25) is 14.2 Å². The summed E-state index contributed by atoms with van der Waals surface area (Å²) in [5.41, 5.74) is 0.911. The van der Waals surface area contributed by atoms with Crippen molar-refractivity contribution in [1.82, 2.24) is 9.55 Å². The van der Waals surface area contributed by atoms with Crippen molar-refractivity contribution in [3.05, 3.63) is 46.3 Å². The molecule has 0 aliphatic rings. The number of benzene rings is 1. The van der Waals surface area contributed by atoms with E-state index in [1.807, 2.05) is 13.8 Å². The van der Waals surface area contributed by atoms with Crippen LogP contribution in [0, 0.1) is 0 Å². The van der Waals surface area contributed by atoms with E-state index in [1.54, 1.807) is 29.6 Å². The van der Waals surface area contributed by atoms with E-state index in [9.17, 15) is 9.59 Å². The van der Waals surface area contributed by atoms with Crippen molar-refractivity contribution < 1.29 is 14.3 Å². The summed E-state index contributed by atoms with van der Waals surface area (Å²) in [5.74, 6) is 0.827. The molecule has 7 nitrogen and oxygen atoms in total. The minimum atomic E-state index is -0.348. The fourth-order valence-corrected chi connectivity index (χ4v) is 3.27. The van der Waals surface area contributed by atoms with Gasteiger partial charge in [0.05, 0.1) is 30.7 Å². The SMILES string of the molecule is CCOc1ccc(OCC)c(NC(=O)Cn2cnc3ccsc3c2=O)c1. The maximum absolute atomic E-state index is 12.4. The van der Waals surface area contributed by atoms with Gasteiger partial charge < -0.3 is 14.8 Å². The molecule has 26 heavy (non-hydrogen) atoms. The summed E-state index contributed by atoms with van der Waals surface area (Å²) in [5, 5.41) is 4.59. The van der Waals surface area contributed by atoms with Crippen LogP contribution in [0.1, 0.15) is 13.8 Å². The van der Waals surface area contributed by atoms with Crippen LogP contribution in [0.5, 0.6) is 11.5 Å². The van der Waals surface area contributed by atoms with Gasteiger partial charge in [0.1, 0.15) is 22.7 Å². The molecule has 8 heteroatoms. The number of nitrogens with one attached hydrogen (secondary N) is 1. The average Bonchev–Trinajstić information content (AvgIpc) is 3.10. The van der Waals surface area contributed by atoms with E-state index in [2.05, 4.69) is 10.3 Å². The topological polar surface area (TPSA) is 82.4 Å². The molecule has 0 saturated heterocycles. The van der Waals surface area contributed by atoms with E-state index in [-0.39, 0.29) is 18.0 Å². The number of fused-ring (bicyclic) bond motifs is 1. The second kappa shape index (κ2) is 8.01. The van der Waals surface area contributed by atoms with E-state index in [0.717, 1.165) is 0 Å². The first-order valence-electron chi connectivity index (χ1n) is 8.24. The van der Waals surface area contributed by atoms with Crippen molar-refractivity contribution in [2.75, 3.05) is 18.5 Å². The Morgan fingerprint density at radius 3 is 2.81 bits per heavy atom. The van der Waals surface area contributed by atoms with Gasteiger partial charge in [0, 0.05) is 6.07 Å². The van der Waals surface area contributed by atoms with Crippen LogP contribution < -0.4 is 20.3 Å². The Kier molecular flexibility index (Phi) is 5.52. The highest BCUT2D eigenvalue weighted by Crippen LogP contribution is 2.29. The first-order chi connectivity index (χ1) is 12.6. The van der Waals surface area contributed by atoms with Gasteiger partial charge in [-0.25, -0.2) is 4.98 Å². The van der Waals surface area contributed by atoms with Crippen LogP contribution in [0.4, 0.5) is 5.69 Å². The monoisotopic (exact) mass is 373 g/mol. The molecular weight excluding hydrogens is 354 g/mol. The Morgan fingerprint density at radius 2 is 2.04 bits per heavy atom. The standard InChI is InChI=1S/C18H19N3O4S/c1-3-24-12-5-6-15(25-4-2)14(9-12)20-16(22)10-21-11-19-13-7-8-26-17(13)18(21)23/h5-9,11H,3-4,10H2,1-2H3,(H,20,22). The van der Waals surface area contributed by atoms with Crippen LogP contribution in [-0.4, -0.2) is 28.7 Å². The zero-order valence-corrected chi connectivity index (χ0v) is 15.3. The molecule has 136 valence electrons. The van der Waals surface area contributed by atoms with E-state index < -0.39 is 0 Å². The molecule has 0 spiro atoms. The zero-order valence-electron chi connectivity index (χ0n) is 14.5. The lowest BCUT2D eigenvalue weighted by molar-refractivity contribution is -0.116. The van der Waals surface area contributed by atoms with Crippen molar-refractivity contribution in [1.29, 1.82) is 0 Å². The third-order valence-electron chi connectivity index (χ3n) is 3.59. The maximum atomic E-state index is 12.4. The molecule has 0 saturated carbocycles. The number of ether oxygens (including phenoxy) is 2. The summed E-state index contributed by atoms with van der Waals surface area (Å²) >= 11 is 1.31. The quantitative estimate of drug-likeness (QED) is 0.689. The summed E-state index contributed by atoms with van der Waals surface area (Å²) in [6.07, 6.45) is 1.39. The molecule has 0 atom stereocenters. The third-order valence-corrected chi connectivity index (χ3v) is 4.48. The molecule has 1 aromatic carbocycles. The molecule has 0 unspecified atom stereocenters. The Morgan fingerprint density at radius 1 is 1.23 bits per heavy atom. The summed E-state index contributed by atoms with van der Waals surface area (Å²) in [4.78, 5) is 29.0. The molecule has 0 aliphatic heterocycles. The number of anilines is 1. The summed E-state index contributed by atoms with van der Waals surface area (Å²) in [6.45, 7) is 4.60. The van der Waals surface area contributed by atoms with Crippen LogP contribution in [-0.2, 0) is 11.3 Å². The lowest BCUT2D eigenvalue weighted by Crippen LogP contribution is -2.27. The number of rotatable bonds is 7. The highest BCUT2D eigenvalue weighted by Gasteiger charge is 2.12. The highest BCUT2D eigenvalue weighted by molar-refractivity contribution is 7.17. The lowest BCUT2D eigenvalue weighted by Gasteiger charge is -2.14. The van der Waals surface area contributed by atoms with Crippen molar-refractivity contribution in [3.8, 4) is 11.5 Å². The lowest BCUT2D eigenvalue weighted by atomic mass is 10.2. The number of nitrogens with zero attached hydrogens (tertiary/aromatic N) is 2. The van der Waals surface area contributed by atoms with Gasteiger partial charge in [-0.15, -0.1) is 11.3 Å². The van der Waals surface area contributed by atoms with Gasteiger partial charge >= 0.3 is 0 Å². The fraction of sp³-hybridized carbons (Fsp3) is 0.278. The molecule has 0 bridgehead atoms. The number of aromatic nitrogens is 2. The number of carbonyl (C=O) groups is 1. The maximum Gasteiger partial charge on any atom is 0.271 e. The van der Waals surface area contributed by atoms with Crippen molar-refractivity contribution in [2.24, 2.45) is 0 Å². The van der Waals surface area contributed by atoms with Gasteiger partial charge in [0.15, 0.2) is 0 Å². The fourth-order valence-electron chi connectivity index (χ4n) is 2.48. The molecule has 2 heterocycles. The van der Waals surface area contributed by atoms with Gasteiger partial charge in [-0.2, -0.15) is 0 Å². The predicted molar refractivity (Wildman–Crippen MR) is 101 cm³/mol. The smallest absolute Gasteiger partial charge is 0.271 e. The van der Waals surface area contributed by atoms with E-state index in [1.165, 1.54) is 22.2 Å². The zero-order chi connectivity index (χ0) is 18.5. The molecule has 1 N–H and O–H groups in total. The molecular formula is C18H19N3O4S. The Hall–Kier alpha value is -2.87. The van der Waals surface area contributed by atoms with Crippen LogP contribution >= 0.6 is 11.3 Å². The summed E-state index contributed by atoms with van der Waals surface area (Å²) < 4.78 is 12.8. The molecule has 1 amide bonds. The molecule has 3 aromatic rings. The van der Waals surface area contributed by atoms with Crippen LogP contribution in [0.3, 0.4) is 0 Å². The second-order valence-corrected chi connectivity index (χ2v) is 6.30. The van der Waals surface area contributed by atoms with Gasteiger partial charge in [0.2, 0.25) is 5.91 Å². The van der Waals surface area contributed by atoms with Gasteiger partial charge in [-0.1, -0.05) is 0 Å². The number of thiophene rings is 1. The van der Waals surface area contributed by atoms with Crippen molar-refractivity contribution in [2.45, 2.75) is 20.4 Å². The Balaban J connectivity index is 1.81. The highest BCUT2D eigenvalue weighted by atomic mass is 32.1. The minimum Gasteiger partial charge on any atom is -0.494 e. The van der Waals surface area contributed by atoms with Crippen LogP contribution in [0.2, 0.25) is 0 Å². The van der Waals surface area contributed by atoms with E-state index in [4.69, 9.17) is 9.47 Å².